The molecule has 4 nitrogen and oxygen atoms in total. The molecule has 1 aliphatic heterocycles. The van der Waals surface area contributed by atoms with Crippen LogP contribution in [0.15, 0.2) is 48.5 Å². The number of carbonyl (C=O) groups excluding carboxylic acids is 2. The Hall–Kier alpha value is -2.69. The molecule has 2 aromatic carbocycles. The zero-order chi connectivity index (χ0) is 15.7. The fourth-order valence-electron chi connectivity index (χ4n) is 2.66. The number of anilines is 2. The predicted octanol–water partition coefficient (Wildman–Crippen LogP) is 3.20. The predicted molar refractivity (Wildman–Crippen MR) is 82.4 cm³/mol. The molecule has 0 spiro atoms. The number of amides is 2. The largest absolute Gasteiger partial charge is 0.324 e. The molecule has 1 heterocycles. The number of fused-ring (bicyclic) bond motifs is 1. The van der Waals surface area contributed by atoms with Crippen LogP contribution < -0.4 is 10.2 Å². The van der Waals surface area contributed by atoms with Gasteiger partial charge in [-0.15, -0.1) is 0 Å². The normalized spacial score (nSPS) is 17.5. The van der Waals surface area contributed by atoms with Crippen LogP contribution in [0.3, 0.4) is 0 Å². The molecule has 0 aliphatic carbocycles. The van der Waals surface area contributed by atoms with Crippen molar-refractivity contribution in [2.45, 2.75) is 19.4 Å². The van der Waals surface area contributed by atoms with Crippen LogP contribution in [0.5, 0.6) is 0 Å². The van der Waals surface area contributed by atoms with Gasteiger partial charge in [-0.2, -0.15) is 0 Å². The average Bonchev–Trinajstić information content (AvgIpc) is 2.61. The van der Waals surface area contributed by atoms with Crippen LogP contribution in [0.25, 0.3) is 0 Å². The molecule has 1 atom stereocenters. The molecule has 0 unspecified atom stereocenters. The zero-order valence-corrected chi connectivity index (χ0v) is 12.0. The van der Waals surface area contributed by atoms with Gasteiger partial charge >= 0.3 is 0 Å². The topological polar surface area (TPSA) is 49.4 Å². The summed E-state index contributed by atoms with van der Waals surface area (Å²) in [5.74, 6) is -1.18. The summed E-state index contributed by atoms with van der Waals surface area (Å²) in [6, 6.07) is 12.5. The van der Waals surface area contributed by atoms with Gasteiger partial charge in [0.15, 0.2) is 0 Å². The standard InChI is InChI=1S/C17H15FN2O2/c1-11-10-16(21)19-14-8-4-5-9-15(14)20(11)17(22)12-6-2-3-7-13(12)18/h2-9,11H,10H2,1H3,(H,19,21)/t11-/m0/s1. The van der Waals surface area contributed by atoms with E-state index in [1.807, 2.05) is 0 Å². The maximum Gasteiger partial charge on any atom is 0.261 e. The van der Waals surface area contributed by atoms with Crippen molar-refractivity contribution in [1.29, 1.82) is 0 Å². The number of halogens is 1. The maximum atomic E-state index is 13.9. The smallest absolute Gasteiger partial charge is 0.261 e. The van der Waals surface area contributed by atoms with E-state index in [2.05, 4.69) is 5.32 Å². The van der Waals surface area contributed by atoms with Gasteiger partial charge in [0.1, 0.15) is 5.82 Å². The molecule has 1 aliphatic rings. The second kappa shape index (κ2) is 5.60. The molecule has 2 aromatic rings. The van der Waals surface area contributed by atoms with Crippen molar-refractivity contribution < 1.29 is 14.0 Å². The molecule has 3 rings (SSSR count). The van der Waals surface area contributed by atoms with E-state index in [0.29, 0.717) is 11.4 Å². The van der Waals surface area contributed by atoms with E-state index >= 15 is 0 Å². The van der Waals surface area contributed by atoms with E-state index in [1.165, 1.54) is 23.1 Å². The Morgan fingerprint density at radius 2 is 1.86 bits per heavy atom. The first-order valence-corrected chi connectivity index (χ1v) is 7.05. The van der Waals surface area contributed by atoms with Gasteiger partial charge in [0.2, 0.25) is 5.91 Å². The molecule has 0 saturated heterocycles. The number of hydrogen-bond donors (Lipinski definition) is 1. The van der Waals surface area contributed by atoms with Crippen molar-refractivity contribution in [1.82, 2.24) is 0 Å². The minimum atomic E-state index is -0.569. The number of benzene rings is 2. The Kier molecular flexibility index (Phi) is 3.63. The highest BCUT2D eigenvalue weighted by molar-refractivity contribution is 6.11. The summed E-state index contributed by atoms with van der Waals surface area (Å²) in [6.45, 7) is 1.78. The van der Waals surface area contributed by atoms with E-state index in [-0.39, 0.29) is 23.9 Å². The summed E-state index contributed by atoms with van der Waals surface area (Å²) in [4.78, 5) is 26.2. The lowest BCUT2D eigenvalue weighted by Gasteiger charge is -2.28. The van der Waals surface area contributed by atoms with Crippen molar-refractivity contribution in [2.75, 3.05) is 10.2 Å². The summed E-state index contributed by atoms with van der Waals surface area (Å²) in [5.41, 5.74) is 1.13. The number of para-hydroxylation sites is 2. The van der Waals surface area contributed by atoms with Gasteiger partial charge in [-0.25, -0.2) is 4.39 Å². The molecular weight excluding hydrogens is 283 g/mol. The Bertz CT molecular complexity index is 745. The van der Waals surface area contributed by atoms with Gasteiger partial charge in [-0.3, -0.25) is 9.59 Å². The molecule has 2 amide bonds. The van der Waals surface area contributed by atoms with Gasteiger partial charge in [-0.05, 0) is 31.2 Å². The Morgan fingerprint density at radius 1 is 1.18 bits per heavy atom. The average molecular weight is 298 g/mol. The first-order valence-electron chi connectivity index (χ1n) is 7.05. The summed E-state index contributed by atoms with van der Waals surface area (Å²) in [6.07, 6.45) is 0.162. The molecule has 0 bridgehead atoms. The third-order valence-electron chi connectivity index (χ3n) is 3.68. The van der Waals surface area contributed by atoms with Crippen LogP contribution in [-0.2, 0) is 4.79 Å². The zero-order valence-electron chi connectivity index (χ0n) is 12.0. The Morgan fingerprint density at radius 3 is 2.64 bits per heavy atom. The SMILES string of the molecule is C[C@H]1CC(=O)Nc2ccccc2N1C(=O)c1ccccc1F. The minimum Gasteiger partial charge on any atom is -0.324 e. The van der Waals surface area contributed by atoms with Gasteiger partial charge in [-0.1, -0.05) is 24.3 Å². The van der Waals surface area contributed by atoms with Crippen molar-refractivity contribution in [3.05, 3.63) is 59.9 Å². The van der Waals surface area contributed by atoms with Gasteiger partial charge in [0, 0.05) is 12.5 Å². The second-order valence-corrected chi connectivity index (χ2v) is 5.27. The molecule has 0 radical (unpaired) electrons. The number of hydrogen-bond acceptors (Lipinski definition) is 2. The summed E-state index contributed by atoms with van der Waals surface area (Å²) >= 11 is 0. The van der Waals surface area contributed by atoms with Crippen LogP contribution >= 0.6 is 0 Å². The first kappa shape index (κ1) is 14.3. The molecule has 5 heteroatoms. The summed E-state index contributed by atoms with van der Waals surface area (Å²) < 4.78 is 13.9. The number of nitrogens with one attached hydrogen (secondary N) is 1. The highest BCUT2D eigenvalue weighted by atomic mass is 19.1. The monoisotopic (exact) mass is 298 g/mol. The van der Waals surface area contributed by atoms with E-state index in [4.69, 9.17) is 0 Å². The van der Waals surface area contributed by atoms with Crippen molar-refractivity contribution in [2.24, 2.45) is 0 Å². The molecule has 1 N–H and O–H groups in total. The molecule has 0 fully saturated rings. The number of rotatable bonds is 1. The van der Waals surface area contributed by atoms with Crippen LogP contribution in [0.2, 0.25) is 0 Å². The summed E-state index contributed by atoms with van der Waals surface area (Å²) in [7, 11) is 0. The van der Waals surface area contributed by atoms with E-state index < -0.39 is 11.7 Å². The fraction of sp³-hybridized carbons (Fsp3) is 0.176. The van der Waals surface area contributed by atoms with Crippen LogP contribution in [-0.4, -0.2) is 17.9 Å². The van der Waals surface area contributed by atoms with Crippen LogP contribution in [0.1, 0.15) is 23.7 Å². The lowest BCUT2D eigenvalue weighted by atomic mass is 10.1. The van der Waals surface area contributed by atoms with Crippen LogP contribution in [0, 0.1) is 5.82 Å². The molecular formula is C17H15FN2O2. The van der Waals surface area contributed by atoms with Gasteiger partial charge in [0.25, 0.3) is 5.91 Å². The Labute approximate surface area is 127 Å². The number of nitrogens with zero attached hydrogens (tertiary/aromatic N) is 1. The van der Waals surface area contributed by atoms with Crippen molar-refractivity contribution in [3.63, 3.8) is 0 Å². The van der Waals surface area contributed by atoms with E-state index in [9.17, 15) is 14.0 Å². The molecule has 112 valence electrons. The quantitative estimate of drug-likeness (QED) is 0.879. The van der Waals surface area contributed by atoms with E-state index in [1.54, 1.807) is 37.3 Å². The Balaban J connectivity index is 2.10. The lowest BCUT2D eigenvalue weighted by Crippen LogP contribution is -2.39. The minimum absolute atomic E-state index is 0.00139. The summed E-state index contributed by atoms with van der Waals surface area (Å²) in [5, 5.41) is 2.78. The molecule has 0 saturated carbocycles. The fourth-order valence-corrected chi connectivity index (χ4v) is 2.66. The molecule has 0 aromatic heterocycles. The van der Waals surface area contributed by atoms with Crippen molar-refractivity contribution >= 4 is 23.2 Å². The first-order chi connectivity index (χ1) is 10.6. The third kappa shape index (κ3) is 2.45. The highest BCUT2D eigenvalue weighted by Crippen LogP contribution is 2.32. The third-order valence-corrected chi connectivity index (χ3v) is 3.68. The lowest BCUT2D eigenvalue weighted by molar-refractivity contribution is -0.116. The number of carbonyl (C=O) groups is 2. The van der Waals surface area contributed by atoms with E-state index in [0.717, 1.165) is 0 Å². The van der Waals surface area contributed by atoms with Gasteiger partial charge < -0.3 is 10.2 Å². The van der Waals surface area contributed by atoms with Crippen LogP contribution in [0.4, 0.5) is 15.8 Å². The van der Waals surface area contributed by atoms with Gasteiger partial charge in [0.05, 0.1) is 16.9 Å². The maximum absolute atomic E-state index is 13.9. The highest BCUT2D eigenvalue weighted by Gasteiger charge is 2.31. The molecule has 22 heavy (non-hydrogen) atoms. The van der Waals surface area contributed by atoms with Crippen molar-refractivity contribution in [3.8, 4) is 0 Å². The second-order valence-electron chi connectivity index (χ2n) is 5.27.